The van der Waals surface area contributed by atoms with Gasteiger partial charge < -0.3 is 5.32 Å². The number of rotatable bonds is 3. The van der Waals surface area contributed by atoms with Crippen molar-refractivity contribution < 1.29 is 9.18 Å². The van der Waals surface area contributed by atoms with Crippen molar-refractivity contribution in [1.82, 2.24) is 10.2 Å². The van der Waals surface area contributed by atoms with Gasteiger partial charge in [0.25, 0.3) is 0 Å². The normalized spacial score (nSPS) is 10.4. The highest BCUT2D eigenvalue weighted by Crippen LogP contribution is 2.12. The van der Waals surface area contributed by atoms with Crippen LogP contribution < -0.4 is 5.32 Å². The fourth-order valence-electron chi connectivity index (χ4n) is 1.73. The van der Waals surface area contributed by atoms with Crippen molar-refractivity contribution in [2.45, 2.75) is 20.3 Å². The lowest BCUT2D eigenvalue weighted by Gasteiger charge is -2.05. The standard InChI is InChI=1S/C13H14FN3O/c1-8-12(9(2)17-16-8)7-13(18)15-11-5-3-10(14)4-6-11/h3-6H,7H2,1-2H3,(H,15,18)(H,16,17). The van der Waals surface area contributed by atoms with E-state index in [4.69, 9.17) is 0 Å². The molecule has 0 saturated heterocycles. The Bertz CT molecular complexity index is 541. The number of nitrogens with zero attached hydrogens (tertiary/aromatic N) is 1. The van der Waals surface area contributed by atoms with E-state index in [9.17, 15) is 9.18 Å². The predicted molar refractivity (Wildman–Crippen MR) is 66.8 cm³/mol. The number of carbonyl (C=O) groups excluding carboxylic acids is 1. The van der Waals surface area contributed by atoms with Gasteiger partial charge in [0.15, 0.2) is 0 Å². The van der Waals surface area contributed by atoms with E-state index in [1.54, 1.807) is 0 Å². The zero-order valence-electron chi connectivity index (χ0n) is 10.2. The predicted octanol–water partition coefficient (Wildman–Crippen LogP) is 2.35. The third-order valence-electron chi connectivity index (χ3n) is 2.75. The van der Waals surface area contributed by atoms with E-state index in [1.807, 2.05) is 13.8 Å². The summed E-state index contributed by atoms with van der Waals surface area (Å²) in [5, 5.41) is 9.58. The van der Waals surface area contributed by atoms with Gasteiger partial charge in [-0.15, -0.1) is 0 Å². The molecule has 4 nitrogen and oxygen atoms in total. The van der Waals surface area contributed by atoms with E-state index in [2.05, 4.69) is 15.5 Å². The molecule has 1 aromatic carbocycles. The van der Waals surface area contributed by atoms with Crippen LogP contribution in [0.25, 0.3) is 0 Å². The van der Waals surface area contributed by atoms with E-state index in [-0.39, 0.29) is 18.1 Å². The minimum absolute atomic E-state index is 0.144. The van der Waals surface area contributed by atoms with E-state index >= 15 is 0 Å². The number of benzene rings is 1. The zero-order valence-corrected chi connectivity index (χ0v) is 10.2. The van der Waals surface area contributed by atoms with Gasteiger partial charge in [-0.1, -0.05) is 0 Å². The first-order chi connectivity index (χ1) is 8.56. The molecule has 0 saturated carbocycles. The van der Waals surface area contributed by atoms with Gasteiger partial charge in [0.1, 0.15) is 5.82 Å². The molecule has 2 rings (SSSR count). The van der Waals surface area contributed by atoms with Crippen molar-refractivity contribution in [2.24, 2.45) is 0 Å². The van der Waals surface area contributed by atoms with Crippen molar-refractivity contribution in [3.63, 3.8) is 0 Å². The topological polar surface area (TPSA) is 57.8 Å². The number of hydrogen-bond donors (Lipinski definition) is 2. The molecule has 5 heteroatoms. The summed E-state index contributed by atoms with van der Waals surface area (Å²) >= 11 is 0. The molecule has 0 atom stereocenters. The Morgan fingerprint density at radius 3 is 2.56 bits per heavy atom. The van der Waals surface area contributed by atoms with Crippen LogP contribution in [0.1, 0.15) is 17.0 Å². The van der Waals surface area contributed by atoms with Gasteiger partial charge in [0, 0.05) is 16.9 Å². The summed E-state index contributed by atoms with van der Waals surface area (Å²) in [6, 6.07) is 5.68. The number of carbonyl (C=O) groups is 1. The first kappa shape index (κ1) is 12.3. The highest BCUT2D eigenvalue weighted by Gasteiger charge is 2.11. The summed E-state index contributed by atoms with van der Waals surface area (Å²) < 4.78 is 12.7. The SMILES string of the molecule is Cc1n[nH]c(C)c1CC(=O)Nc1ccc(F)cc1. The van der Waals surface area contributed by atoms with Gasteiger partial charge in [-0.2, -0.15) is 5.10 Å². The molecule has 0 aliphatic heterocycles. The van der Waals surface area contributed by atoms with Crippen molar-refractivity contribution in [3.05, 3.63) is 47.0 Å². The van der Waals surface area contributed by atoms with Crippen molar-refractivity contribution in [2.75, 3.05) is 5.32 Å². The van der Waals surface area contributed by atoms with Crippen LogP contribution in [-0.2, 0) is 11.2 Å². The fraction of sp³-hybridized carbons (Fsp3) is 0.231. The van der Waals surface area contributed by atoms with E-state index in [1.165, 1.54) is 24.3 Å². The Balaban J connectivity index is 2.03. The van der Waals surface area contributed by atoms with Crippen molar-refractivity contribution in [3.8, 4) is 0 Å². The third kappa shape index (κ3) is 2.74. The average molecular weight is 247 g/mol. The molecule has 0 bridgehead atoms. The first-order valence-electron chi connectivity index (χ1n) is 5.62. The number of nitrogens with one attached hydrogen (secondary N) is 2. The molecule has 0 unspecified atom stereocenters. The maximum absolute atomic E-state index is 12.7. The number of hydrogen-bond acceptors (Lipinski definition) is 2. The van der Waals surface area contributed by atoms with Crippen LogP contribution >= 0.6 is 0 Å². The van der Waals surface area contributed by atoms with Crippen molar-refractivity contribution in [1.29, 1.82) is 0 Å². The van der Waals surface area contributed by atoms with Crippen LogP contribution in [0, 0.1) is 19.7 Å². The summed E-state index contributed by atoms with van der Waals surface area (Å²) in [4.78, 5) is 11.8. The molecule has 2 N–H and O–H groups in total. The number of aromatic amines is 1. The molecule has 0 fully saturated rings. The molecule has 1 aromatic heterocycles. The Hall–Kier alpha value is -2.17. The number of amides is 1. The second kappa shape index (κ2) is 5.00. The second-order valence-electron chi connectivity index (χ2n) is 4.14. The number of aromatic nitrogens is 2. The number of aryl methyl sites for hydroxylation is 2. The van der Waals surface area contributed by atoms with Crippen LogP contribution in [0.5, 0.6) is 0 Å². The zero-order chi connectivity index (χ0) is 13.1. The van der Waals surface area contributed by atoms with Crippen LogP contribution in [0.2, 0.25) is 0 Å². The molecular formula is C13H14FN3O. The average Bonchev–Trinajstić information content (AvgIpc) is 2.64. The molecule has 2 aromatic rings. The highest BCUT2D eigenvalue weighted by molar-refractivity contribution is 5.92. The molecule has 0 aliphatic rings. The molecule has 0 aliphatic carbocycles. The number of H-pyrrole nitrogens is 1. The smallest absolute Gasteiger partial charge is 0.228 e. The minimum Gasteiger partial charge on any atom is -0.326 e. The quantitative estimate of drug-likeness (QED) is 0.874. The lowest BCUT2D eigenvalue weighted by atomic mass is 10.1. The Kier molecular flexibility index (Phi) is 3.41. The number of halogens is 1. The van der Waals surface area contributed by atoms with Crippen molar-refractivity contribution >= 4 is 11.6 Å². The van der Waals surface area contributed by atoms with Gasteiger partial charge in [-0.25, -0.2) is 4.39 Å². The van der Waals surface area contributed by atoms with Gasteiger partial charge in [-0.3, -0.25) is 9.89 Å². The molecule has 0 radical (unpaired) electrons. The summed E-state index contributed by atoms with van der Waals surface area (Å²) in [5.41, 5.74) is 3.19. The molecule has 0 spiro atoms. The lowest BCUT2D eigenvalue weighted by molar-refractivity contribution is -0.115. The Morgan fingerprint density at radius 2 is 2.00 bits per heavy atom. The summed E-state index contributed by atoms with van der Waals surface area (Å²) in [6.07, 6.45) is 0.255. The Morgan fingerprint density at radius 1 is 1.33 bits per heavy atom. The van der Waals surface area contributed by atoms with E-state index < -0.39 is 0 Å². The second-order valence-corrected chi connectivity index (χ2v) is 4.14. The molecule has 94 valence electrons. The van der Waals surface area contributed by atoms with Crippen LogP contribution in [0.15, 0.2) is 24.3 Å². The number of anilines is 1. The van der Waals surface area contributed by atoms with E-state index in [0.717, 1.165) is 17.0 Å². The maximum atomic E-state index is 12.7. The third-order valence-corrected chi connectivity index (χ3v) is 2.75. The lowest BCUT2D eigenvalue weighted by Crippen LogP contribution is -2.15. The van der Waals surface area contributed by atoms with Gasteiger partial charge in [0.2, 0.25) is 5.91 Å². The highest BCUT2D eigenvalue weighted by atomic mass is 19.1. The summed E-state index contributed by atoms with van der Waals surface area (Å²) in [7, 11) is 0. The van der Waals surface area contributed by atoms with Gasteiger partial charge in [0.05, 0.1) is 12.1 Å². The molecule has 18 heavy (non-hydrogen) atoms. The largest absolute Gasteiger partial charge is 0.326 e. The van der Waals surface area contributed by atoms with Crippen LogP contribution in [0.4, 0.5) is 10.1 Å². The Labute approximate surface area is 104 Å². The molecule has 1 heterocycles. The maximum Gasteiger partial charge on any atom is 0.228 e. The van der Waals surface area contributed by atoms with Crippen LogP contribution in [0.3, 0.4) is 0 Å². The molecular weight excluding hydrogens is 233 g/mol. The van der Waals surface area contributed by atoms with Crippen LogP contribution in [-0.4, -0.2) is 16.1 Å². The van der Waals surface area contributed by atoms with Gasteiger partial charge >= 0.3 is 0 Å². The molecule has 1 amide bonds. The fourth-order valence-corrected chi connectivity index (χ4v) is 1.73. The minimum atomic E-state index is -0.325. The first-order valence-corrected chi connectivity index (χ1v) is 5.62. The monoisotopic (exact) mass is 247 g/mol. The summed E-state index contributed by atoms with van der Waals surface area (Å²) in [6.45, 7) is 3.73. The van der Waals surface area contributed by atoms with Gasteiger partial charge in [-0.05, 0) is 38.1 Å². The summed E-state index contributed by atoms with van der Waals surface area (Å²) in [5.74, 6) is -0.469. The van der Waals surface area contributed by atoms with E-state index in [0.29, 0.717) is 5.69 Å².